The molecule has 0 aliphatic heterocycles. The molecule has 88 valence electrons. The Balaban J connectivity index is 2.76. The van der Waals surface area contributed by atoms with Crippen LogP contribution in [0.1, 0.15) is 37.0 Å². The average Bonchev–Trinajstić information content (AvgIpc) is 2.21. The van der Waals surface area contributed by atoms with Gasteiger partial charge in [0.1, 0.15) is 0 Å². The monoisotopic (exact) mass is 301 g/mol. The number of hydrogen-bond acceptors (Lipinski definition) is 2. The molecule has 0 saturated heterocycles. The lowest BCUT2D eigenvalue weighted by Gasteiger charge is -2.13. The molecule has 1 atom stereocenters. The van der Waals surface area contributed by atoms with Crippen molar-refractivity contribution in [1.82, 2.24) is 5.32 Å². The summed E-state index contributed by atoms with van der Waals surface area (Å²) in [6.45, 7) is 4.12. The van der Waals surface area contributed by atoms with Crippen molar-refractivity contribution in [2.24, 2.45) is 0 Å². The normalized spacial score (nSPS) is 12.2. The third-order valence-corrected chi connectivity index (χ3v) is 3.26. The Morgan fingerprint density at radius 1 is 1.56 bits per heavy atom. The minimum atomic E-state index is -0.0521. The first-order valence-corrected chi connectivity index (χ1v) is 6.58. The van der Waals surface area contributed by atoms with E-state index in [0.717, 1.165) is 22.2 Å². The maximum atomic E-state index is 11.9. The van der Waals surface area contributed by atoms with Gasteiger partial charge in [0.15, 0.2) is 0 Å². The second-order valence-corrected chi connectivity index (χ2v) is 5.20. The van der Waals surface area contributed by atoms with E-state index in [-0.39, 0.29) is 11.9 Å². The SMILES string of the molecule is CCCC(C)NC(=O)c1cc(S)ccc1Br. The van der Waals surface area contributed by atoms with Gasteiger partial charge in [-0.3, -0.25) is 4.79 Å². The Bertz CT molecular complexity index is 381. The van der Waals surface area contributed by atoms with Crippen LogP contribution in [0.4, 0.5) is 0 Å². The molecule has 0 spiro atoms. The number of carbonyl (C=O) groups is 1. The lowest BCUT2D eigenvalue weighted by atomic mass is 10.1. The zero-order chi connectivity index (χ0) is 12.1. The van der Waals surface area contributed by atoms with Crippen LogP contribution in [0.25, 0.3) is 0 Å². The van der Waals surface area contributed by atoms with Crippen LogP contribution in [0, 0.1) is 0 Å². The summed E-state index contributed by atoms with van der Waals surface area (Å²) in [5.74, 6) is -0.0521. The third kappa shape index (κ3) is 3.83. The summed E-state index contributed by atoms with van der Waals surface area (Å²) >= 11 is 7.59. The molecule has 0 aliphatic carbocycles. The quantitative estimate of drug-likeness (QED) is 0.817. The number of benzene rings is 1. The Kier molecular flexibility index (Phi) is 5.35. The fraction of sp³-hybridized carbons (Fsp3) is 0.417. The molecule has 1 N–H and O–H groups in total. The summed E-state index contributed by atoms with van der Waals surface area (Å²) in [5, 5.41) is 2.96. The average molecular weight is 302 g/mol. The Morgan fingerprint density at radius 2 is 2.25 bits per heavy atom. The summed E-state index contributed by atoms with van der Waals surface area (Å²) in [5.41, 5.74) is 0.635. The van der Waals surface area contributed by atoms with Crippen molar-refractivity contribution in [3.8, 4) is 0 Å². The van der Waals surface area contributed by atoms with Gasteiger partial charge in [-0.25, -0.2) is 0 Å². The van der Waals surface area contributed by atoms with Crippen molar-refractivity contribution < 1.29 is 4.79 Å². The van der Waals surface area contributed by atoms with Gasteiger partial charge in [0, 0.05) is 15.4 Å². The molecule has 4 heteroatoms. The molecule has 0 heterocycles. The van der Waals surface area contributed by atoms with Crippen LogP contribution in [0.5, 0.6) is 0 Å². The Morgan fingerprint density at radius 3 is 2.88 bits per heavy atom. The zero-order valence-electron chi connectivity index (χ0n) is 9.46. The fourth-order valence-electron chi connectivity index (χ4n) is 1.49. The van der Waals surface area contributed by atoms with E-state index in [4.69, 9.17) is 0 Å². The number of amides is 1. The van der Waals surface area contributed by atoms with E-state index in [9.17, 15) is 4.79 Å². The van der Waals surface area contributed by atoms with Crippen LogP contribution in [0.2, 0.25) is 0 Å². The minimum absolute atomic E-state index is 0.0521. The highest BCUT2D eigenvalue weighted by Crippen LogP contribution is 2.20. The second kappa shape index (κ2) is 6.30. The second-order valence-electron chi connectivity index (χ2n) is 3.83. The molecule has 0 aromatic heterocycles. The van der Waals surface area contributed by atoms with Crippen molar-refractivity contribution in [1.29, 1.82) is 0 Å². The Hall–Kier alpha value is -0.480. The fourth-order valence-corrected chi connectivity index (χ4v) is 2.12. The summed E-state index contributed by atoms with van der Waals surface area (Å²) in [6, 6.07) is 5.65. The topological polar surface area (TPSA) is 29.1 Å². The molecule has 1 unspecified atom stereocenters. The van der Waals surface area contributed by atoms with Crippen molar-refractivity contribution in [3.05, 3.63) is 28.2 Å². The van der Waals surface area contributed by atoms with E-state index in [0.29, 0.717) is 5.56 Å². The standard InChI is InChI=1S/C12H16BrNOS/c1-3-4-8(2)14-12(15)10-7-9(16)5-6-11(10)13/h5-8,16H,3-4H2,1-2H3,(H,14,15). The first-order valence-electron chi connectivity index (χ1n) is 5.34. The summed E-state index contributed by atoms with van der Waals surface area (Å²) < 4.78 is 0.798. The van der Waals surface area contributed by atoms with E-state index in [1.807, 2.05) is 19.1 Å². The highest BCUT2D eigenvalue weighted by atomic mass is 79.9. The highest BCUT2D eigenvalue weighted by molar-refractivity contribution is 9.10. The summed E-state index contributed by atoms with van der Waals surface area (Å²) in [7, 11) is 0. The largest absolute Gasteiger partial charge is 0.350 e. The predicted octanol–water partition coefficient (Wildman–Crippen LogP) is 3.66. The first kappa shape index (κ1) is 13.6. The predicted molar refractivity (Wildman–Crippen MR) is 73.2 cm³/mol. The summed E-state index contributed by atoms with van der Waals surface area (Å²) in [6.07, 6.45) is 2.05. The molecule has 16 heavy (non-hydrogen) atoms. The molecule has 0 fully saturated rings. The molecule has 1 rings (SSSR count). The maximum absolute atomic E-state index is 11.9. The van der Waals surface area contributed by atoms with Gasteiger partial charge < -0.3 is 5.32 Å². The lowest BCUT2D eigenvalue weighted by Crippen LogP contribution is -2.32. The zero-order valence-corrected chi connectivity index (χ0v) is 11.9. The Labute approximate surface area is 110 Å². The minimum Gasteiger partial charge on any atom is -0.350 e. The van der Waals surface area contributed by atoms with Crippen LogP contribution in [-0.4, -0.2) is 11.9 Å². The first-order chi connectivity index (χ1) is 7.54. The number of thiol groups is 1. The molecule has 0 bridgehead atoms. The van der Waals surface area contributed by atoms with Gasteiger partial charge >= 0.3 is 0 Å². The lowest BCUT2D eigenvalue weighted by molar-refractivity contribution is 0.0937. The molecule has 2 nitrogen and oxygen atoms in total. The van der Waals surface area contributed by atoms with Crippen LogP contribution in [0.3, 0.4) is 0 Å². The molecule has 0 aliphatic rings. The van der Waals surface area contributed by atoms with Gasteiger partial charge in [0.25, 0.3) is 5.91 Å². The van der Waals surface area contributed by atoms with E-state index < -0.39 is 0 Å². The van der Waals surface area contributed by atoms with Crippen molar-refractivity contribution in [2.75, 3.05) is 0 Å². The van der Waals surface area contributed by atoms with Gasteiger partial charge in [-0.05, 0) is 47.5 Å². The maximum Gasteiger partial charge on any atom is 0.252 e. The van der Waals surface area contributed by atoms with E-state index in [1.54, 1.807) is 6.07 Å². The molecule has 0 saturated carbocycles. The molecular formula is C12H16BrNOS. The van der Waals surface area contributed by atoms with Gasteiger partial charge in [-0.15, -0.1) is 12.6 Å². The number of hydrogen-bond donors (Lipinski definition) is 2. The van der Waals surface area contributed by atoms with Crippen LogP contribution in [-0.2, 0) is 0 Å². The van der Waals surface area contributed by atoms with Crippen LogP contribution in [0.15, 0.2) is 27.6 Å². The van der Waals surface area contributed by atoms with E-state index in [2.05, 4.69) is 40.8 Å². The molecule has 0 radical (unpaired) electrons. The third-order valence-electron chi connectivity index (χ3n) is 2.29. The smallest absolute Gasteiger partial charge is 0.252 e. The molecule has 1 aromatic carbocycles. The number of nitrogens with one attached hydrogen (secondary N) is 1. The molecule has 1 amide bonds. The van der Waals surface area contributed by atoms with Crippen molar-refractivity contribution >= 4 is 34.5 Å². The molecule has 1 aromatic rings. The van der Waals surface area contributed by atoms with Gasteiger partial charge in [-0.1, -0.05) is 13.3 Å². The van der Waals surface area contributed by atoms with Gasteiger partial charge in [-0.2, -0.15) is 0 Å². The number of carbonyl (C=O) groups excluding carboxylic acids is 1. The van der Waals surface area contributed by atoms with Gasteiger partial charge in [0.05, 0.1) is 5.56 Å². The van der Waals surface area contributed by atoms with Gasteiger partial charge in [0.2, 0.25) is 0 Å². The summed E-state index contributed by atoms with van der Waals surface area (Å²) in [4.78, 5) is 12.7. The van der Waals surface area contributed by atoms with Crippen molar-refractivity contribution in [3.63, 3.8) is 0 Å². The van der Waals surface area contributed by atoms with E-state index >= 15 is 0 Å². The molecular weight excluding hydrogens is 286 g/mol. The highest BCUT2D eigenvalue weighted by Gasteiger charge is 2.12. The number of halogens is 1. The van der Waals surface area contributed by atoms with Crippen LogP contribution < -0.4 is 5.32 Å². The van der Waals surface area contributed by atoms with Crippen molar-refractivity contribution in [2.45, 2.75) is 37.6 Å². The number of rotatable bonds is 4. The van der Waals surface area contributed by atoms with Crippen LogP contribution >= 0.6 is 28.6 Å². The van der Waals surface area contributed by atoms with E-state index in [1.165, 1.54) is 0 Å².